The number of aryl methyl sites for hydroxylation is 1. The standard InChI is InChI=1S/C24H22N2O/c27-24(14-6-7-15-26-16-8-9-17-26)21-18-23(19-10-2-1-3-11-19)25-22-13-5-4-12-20(21)22/h1-5,8-13,16-18H,6-7,14-15H2. The van der Waals surface area contributed by atoms with Crippen LogP contribution in [-0.4, -0.2) is 15.3 Å². The predicted octanol–water partition coefficient (Wildman–Crippen LogP) is 5.76. The summed E-state index contributed by atoms with van der Waals surface area (Å²) in [6.07, 6.45) is 6.56. The summed E-state index contributed by atoms with van der Waals surface area (Å²) in [4.78, 5) is 17.7. The molecule has 0 aliphatic rings. The van der Waals surface area contributed by atoms with E-state index in [0.717, 1.165) is 47.1 Å². The van der Waals surface area contributed by atoms with Crippen molar-refractivity contribution in [1.82, 2.24) is 9.55 Å². The Morgan fingerprint density at radius 2 is 1.59 bits per heavy atom. The third-order valence-electron chi connectivity index (χ3n) is 4.82. The largest absolute Gasteiger partial charge is 0.354 e. The number of hydrogen-bond acceptors (Lipinski definition) is 2. The highest BCUT2D eigenvalue weighted by atomic mass is 16.1. The summed E-state index contributed by atoms with van der Waals surface area (Å²) in [5, 5.41) is 0.938. The van der Waals surface area contributed by atoms with Gasteiger partial charge in [-0.25, -0.2) is 4.98 Å². The van der Waals surface area contributed by atoms with Crippen molar-refractivity contribution in [2.75, 3.05) is 0 Å². The number of rotatable bonds is 7. The van der Waals surface area contributed by atoms with E-state index in [1.165, 1.54) is 0 Å². The Morgan fingerprint density at radius 1 is 0.852 bits per heavy atom. The van der Waals surface area contributed by atoms with Crippen LogP contribution in [0.5, 0.6) is 0 Å². The lowest BCUT2D eigenvalue weighted by Gasteiger charge is -2.10. The van der Waals surface area contributed by atoms with Crippen molar-refractivity contribution in [2.24, 2.45) is 0 Å². The van der Waals surface area contributed by atoms with Gasteiger partial charge in [-0.1, -0.05) is 48.5 Å². The lowest BCUT2D eigenvalue weighted by Crippen LogP contribution is -2.03. The molecule has 0 fully saturated rings. The van der Waals surface area contributed by atoms with Crippen LogP contribution in [0.25, 0.3) is 22.2 Å². The van der Waals surface area contributed by atoms with E-state index in [1.807, 2.05) is 72.8 Å². The molecule has 134 valence electrons. The Labute approximate surface area is 159 Å². The van der Waals surface area contributed by atoms with Crippen LogP contribution in [-0.2, 0) is 6.54 Å². The molecule has 3 heteroatoms. The molecule has 2 aromatic heterocycles. The first kappa shape index (κ1) is 17.2. The van der Waals surface area contributed by atoms with Gasteiger partial charge >= 0.3 is 0 Å². The van der Waals surface area contributed by atoms with Crippen LogP contribution in [0.15, 0.2) is 85.2 Å². The lowest BCUT2D eigenvalue weighted by atomic mass is 9.98. The molecule has 0 saturated carbocycles. The SMILES string of the molecule is O=C(CCCCn1cccc1)c1cc(-c2ccccc2)nc2ccccc12. The molecule has 2 aromatic carbocycles. The van der Waals surface area contributed by atoms with E-state index in [-0.39, 0.29) is 5.78 Å². The van der Waals surface area contributed by atoms with Crippen molar-refractivity contribution in [2.45, 2.75) is 25.8 Å². The first-order valence-electron chi connectivity index (χ1n) is 9.40. The number of pyridine rings is 1. The number of hydrogen-bond donors (Lipinski definition) is 0. The van der Waals surface area contributed by atoms with Crippen LogP contribution in [0.3, 0.4) is 0 Å². The molecule has 0 saturated heterocycles. The monoisotopic (exact) mass is 354 g/mol. The highest BCUT2D eigenvalue weighted by Gasteiger charge is 2.13. The number of aromatic nitrogens is 2. The molecular weight excluding hydrogens is 332 g/mol. The van der Waals surface area contributed by atoms with Gasteiger partial charge in [-0.2, -0.15) is 0 Å². The average Bonchev–Trinajstić information content (AvgIpc) is 3.24. The first-order valence-corrected chi connectivity index (χ1v) is 9.40. The molecule has 0 unspecified atom stereocenters. The number of ketones is 1. The van der Waals surface area contributed by atoms with E-state index in [9.17, 15) is 4.79 Å². The minimum absolute atomic E-state index is 0.193. The first-order chi connectivity index (χ1) is 13.3. The number of para-hydroxylation sites is 1. The summed E-state index contributed by atoms with van der Waals surface area (Å²) in [5.74, 6) is 0.193. The van der Waals surface area contributed by atoms with Crippen LogP contribution in [0.2, 0.25) is 0 Å². The fourth-order valence-corrected chi connectivity index (χ4v) is 3.40. The zero-order valence-electron chi connectivity index (χ0n) is 15.2. The molecule has 0 atom stereocenters. The quantitative estimate of drug-likeness (QED) is 0.312. The van der Waals surface area contributed by atoms with Crippen molar-refractivity contribution in [3.63, 3.8) is 0 Å². The van der Waals surface area contributed by atoms with Gasteiger partial charge in [0, 0.05) is 41.9 Å². The smallest absolute Gasteiger partial charge is 0.163 e. The summed E-state index contributed by atoms with van der Waals surface area (Å²) in [6, 6.07) is 23.9. The van der Waals surface area contributed by atoms with Gasteiger partial charge in [0.2, 0.25) is 0 Å². The molecular formula is C24H22N2O. The van der Waals surface area contributed by atoms with Gasteiger partial charge in [-0.15, -0.1) is 0 Å². The zero-order chi connectivity index (χ0) is 18.5. The minimum Gasteiger partial charge on any atom is -0.354 e. The second-order valence-corrected chi connectivity index (χ2v) is 6.74. The van der Waals surface area contributed by atoms with Crippen LogP contribution in [0.4, 0.5) is 0 Å². The molecule has 0 N–H and O–H groups in total. The molecule has 0 amide bonds. The van der Waals surface area contributed by atoms with E-state index >= 15 is 0 Å². The summed E-state index contributed by atoms with van der Waals surface area (Å²) < 4.78 is 2.15. The number of carbonyl (C=O) groups excluding carboxylic acids is 1. The summed E-state index contributed by atoms with van der Waals surface area (Å²) in [7, 11) is 0. The third-order valence-corrected chi connectivity index (χ3v) is 4.82. The molecule has 3 nitrogen and oxygen atoms in total. The molecule has 2 heterocycles. The fraction of sp³-hybridized carbons (Fsp3) is 0.167. The Bertz CT molecular complexity index is 1040. The Kier molecular flexibility index (Phi) is 5.10. The van der Waals surface area contributed by atoms with Gasteiger partial charge in [0.15, 0.2) is 5.78 Å². The highest BCUT2D eigenvalue weighted by Crippen LogP contribution is 2.26. The number of fused-ring (bicyclic) bond motifs is 1. The van der Waals surface area contributed by atoms with Crippen LogP contribution >= 0.6 is 0 Å². The van der Waals surface area contributed by atoms with Crippen LogP contribution < -0.4 is 0 Å². The van der Waals surface area contributed by atoms with Crippen molar-refractivity contribution < 1.29 is 4.79 Å². The van der Waals surface area contributed by atoms with Crippen molar-refractivity contribution in [1.29, 1.82) is 0 Å². The number of carbonyl (C=O) groups is 1. The van der Waals surface area contributed by atoms with E-state index < -0.39 is 0 Å². The van der Waals surface area contributed by atoms with Crippen molar-refractivity contribution in [3.05, 3.63) is 90.8 Å². The molecule has 0 spiro atoms. The molecule has 0 radical (unpaired) electrons. The van der Waals surface area contributed by atoms with Crippen LogP contribution in [0, 0.1) is 0 Å². The van der Waals surface area contributed by atoms with E-state index in [1.54, 1.807) is 0 Å². The zero-order valence-corrected chi connectivity index (χ0v) is 15.2. The van der Waals surface area contributed by atoms with Crippen molar-refractivity contribution in [3.8, 4) is 11.3 Å². The maximum atomic E-state index is 13.0. The fourth-order valence-electron chi connectivity index (χ4n) is 3.40. The van der Waals surface area contributed by atoms with E-state index in [0.29, 0.717) is 6.42 Å². The second kappa shape index (κ2) is 8.00. The summed E-state index contributed by atoms with van der Waals surface area (Å²) in [6.45, 7) is 0.951. The van der Waals surface area contributed by atoms with Gasteiger partial charge in [0.1, 0.15) is 0 Å². The van der Waals surface area contributed by atoms with Crippen molar-refractivity contribution >= 4 is 16.7 Å². The Hall–Kier alpha value is -3.20. The minimum atomic E-state index is 0.193. The Balaban J connectivity index is 1.56. The maximum absolute atomic E-state index is 13.0. The predicted molar refractivity (Wildman–Crippen MR) is 110 cm³/mol. The van der Waals surface area contributed by atoms with E-state index in [2.05, 4.69) is 17.0 Å². The molecule has 0 aliphatic heterocycles. The van der Waals surface area contributed by atoms with Gasteiger partial charge in [-0.3, -0.25) is 4.79 Å². The molecule has 27 heavy (non-hydrogen) atoms. The van der Waals surface area contributed by atoms with Gasteiger partial charge in [-0.05, 0) is 37.1 Å². The molecule has 4 aromatic rings. The molecule has 4 rings (SSSR count). The third kappa shape index (κ3) is 3.98. The number of nitrogens with zero attached hydrogens (tertiary/aromatic N) is 2. The number of Topliss-reactive ketones (excluding diaryl/α,β-unsaturated/α-hetero) is 1. The lowest BCUT2D eigenvalue weighted by molar-refractivity contribution is 0.0980. The summed E-state index contributed by atoms with van der Waals surface area (Å²) >= 11 is 0. The second-order valence-electron chi connectivity index (χ2n) is 6.74. The maximum Gasteiger partial charge on any atom is 0.163 e. The normalized spacial score (nSPS) is 11.0. The summed E-state index contributed by atoms with van der Waals surface area (Å²) in [5.41, 5.74) is 3.53. The average molecular weight is 354 g/mol. The Morgan fingerprint density at radius 3 is 2.41 bits per heavy atom. The molecule has 0 bridgehead atoms. The topological polar surface area (TPSA) is 34.9 Å². The van der Waals surface area contributed by atoms with E-state index in [4.69, 9.17) is 4.98 Å². The molecule has 0 aliphatic carbocycles. The van der Waals surface area contributed by atoms with Gasteiger partial charge < -0.3 is 4.57 Å². The highest BCUT2D eigenvalue weighted by molar-refractivity contribution is 6.08. The number of benzene rings is 2. The van der Waals surface area contributed by atoms with Gasteiger partial charge in [0.25, 0.3) is 0 Å². The van der Waals surface area contributed by atoms with Crippen LogP contribution in [0.1, 0.15) is 29.6 Å². The number of unbranched alkanes of at least 4 members (excludes halogenated alkanes) is 1. The van der Waals surface area contributed by atoms with Gasteiger partial charge in [0.05, 0.1) is 11.2 Å².